The van der Waals surface area contributed by atoms with Crippen LogP contribution in [0.15, 0.2) is 12.1 Å². The molecule has 0 saturated heterocycles. The number of nitrogens with one attached hydrogen (secondary N) is 1. The number of nitrogens with zero attached hydrogens (tertiary/aromatic N) is 1. The first-order chi connectivity index (χ1) is 9.36. The zero-order valence-electron chi connectivity index (χ0n) is 12.1. The van der Waals surface area contributed by atoms with Crippen LogP contribution in [0.4, 0.5) is 11.4 Å². The van der Waals surface area contributed by atoms with Crippen LogP contribution in [0.5, 0.6) is 0 Å². The number of amides is 1. The van der Waals surface area contributed by atoms with E-state index >= 15 is 0 Å². The lowest BCUT2D eigenvalue weighted by molar-refractivity contribution is -0.385. The van der Waals surface area contributed by atoms with E-state index in [-0.39, 0.29) is 11.6 Å². The summed E-state index contributed by atoms with van der Waals surface area (Å²) in [6.45, 7) is 5.40. The first-order valence-corrected chi connectivity index (χ1v) is 6.68. The highest BCUT2D eigenvalue weighted by molar-refractivity contribution is 5.95. The van der Waals surface area contributed by atoms with Crippen LogP contribution in [-0.4, -0.2) is 16.9 Å². The van der Waals surface area contributed by atoms with Gasteiger partial charge in [0.15, 0.2) is 0 Å². The Balaban J connectivity index is 2.85. The molecule has 0 aliphatic carbocycles. The number of hydrogen-bond donors (Lipinski definition) is 2. The lowest BCUT2D eigenvalue weighted by atomic mass is 10.1. The number of nitrogens with two attached hydrogens (primary N) is 1. The first-order valence-electron chi connectivity index (χ1n) is 6.68. The summed E-state index contributed by atoms with van der Waals surface area (Å²) in [4.78, 5) is 22.3. The number of benzene rings is 1. The van der Waals surface area contributed by atoms with Crippen molar-refractivity contribution in [3.63, 3.8) is 0 Å². The monoisotopic (exact) mass is 279 g/mol. The highest BCUT2D eigenvalue weighted by Gasteiger charge is 2.17. The third-order valence-corrected chi connectivity index (χ3v) is 3.20. The largest absolute Gasteiger partial charge is 0.324 e. The molecule has 6 nitrogen and oxygen atoms in total. The van der Waals surface area contributed by atoms with Crippen molar-refractivity contribution in [1.29, 1.82) is 0 Å². The zero-order chi connectivity index (χ0) is 15.3. The summed E-state index contributed by atoms with van der Waals surface area (Å²) >= 11 is 0. The van der Waals surface area contributed by atoms with Gasteiger partial charge in [-0.25, -0.2) is 0 Å². The maximum Gasteiger partial charge on any atom is 0.272 e. The number of aryl methyl sites for hydroxylation is 2. The maximum absolute atomic E-state index is 11.9. The minimum absolute atomic E-state index is 0.0516. The van der Waals surface area contributed by atoms with Gasteiger partial charge in [-0.1, -0.05) is 19.8 Å². The second-order valence-corrected chi connectivity index (χ2v) is 4.95. The van der Waals surface area contributed by atoms with E-state index < -0.39 is 11.0 Å². The molecular formula is C14H21N3O3. The van der Waals surface area contributed by atoms with Crippen molar-refractivity contribution >= 4 is 17.3 Å². The van der Waals surface area contributed by atoms with E-state index in [1.807, 2.05) is 6.92 Å². The zero-order valence-corrected chi connectivity index (χ0v) is 12.1. The number of nitro groups is 1. The van der Waals surface area contributed by atoms with E-state index in [4.69, 9.17) is 5.73 Å². The fourth-order valence-corrected chi connectivity index (χ4v) is 1.91. The predicted molar refractivity (Wildman–Crippen MR) is 78.7 cm³/mol. The van der Waals surface area contributed by atoms with Crippen molar-refractivity contribution in [1.82, 2.24) is 0 Å². The normalized spacial score (nSPS) is 12.0. The summed E-state index contributed by atoms with van der Waals surface area (Å²) in [5, 5.41) is 13.6. The molecular weight excluding hydrogens is 258 g/mol. The minimum Gasteiger partial charge on any atom is -0.324 e. The Morgan fingerprint density at radius 3 is 2.60 bits per heavy atom. The van der Waals surface area contributed by atoms with Gasteiger partial charge in [-0.3, -0.25) is 14.9 Å². The molecule has 20 heavy (non-hydrogen) atoms. The Morgan fingerprint density at radius 2 is 2.05 bits per heavy atom. The molecule has 0 aliphatic heterocycles. The Morgan fingerprint density at radius 1 is 1.40 bits per heavy atom. The standard InChI is InChI=1S/C14H21N3O3/c1-4-5-6-11(15)14(18)16-12-7-10(3)13(17(19)20)8-9(12)2/h7-8,11H,4-6,15H2,1-3H3,(H,16,18). The highest BCUT2D eigenvalue weighted by Crippen LogP contribution is 2.26. The fraction of sp³-hybridized carbons (Fsp3) is 0.500. The number of unbranched alkanes of at least 4 members (excludes halogenated alkanes) is 1. The van der Waals surface area contributed by atoms with Crippen molar-refractivity contribution in [3.05, 3.63) is 33.4 Å². The fourth-order valence-electron chi connectivity index (χ4n) is 1.91. The molecule has 3 N–H and O–H groups in total. The van der Waals surface area contributed by atoms with Gasteiger partial charge in [-0.05, 0) is 31.9 Å². The lowest BCUT2D eigenvalue weighted by Gasteiger charge is -2.14. The average molecular weight is 279 g/mol. The van der Waals surface area contributed by atoms with E-state index in [9.17, 15) is 14.9 Å². The molecule has 0 radical (unpaired) electrons. The van der Waals surface area contributed by atoms with Gasteiger partial charge in [-0.15, -0.1) is 0 Å². The third kappa shape index (κ3) is 4.03. The average Bonchev–Trinajstić information content (AvgIpc) is 2.39. The molecule has 1 aromatic carbocycles. The van der Waals surface area contributed by atoms with Crippen LogP contribution in [0.25, 0.3) is 0 Å². The number of carbonyl (C=O) groups excluding carboxylic acids is 1. The quantitative estimate of drug-likeness (QED) is 0.617. The predicted octanol–water partition coefficient (Wildman–Crippen LogP) is 2.67. The molecule has 1 amide bonds. The van der Waals surface area contributed by atoms with E-state index in [0.29, 0.717) is 23.2 Å². The second kappa shape index (κ2) is 7.00. The van der Waals surface area contributed by atoms with Gasteiger partial charge in [0.1, 0.15) is 0 Å². The molecule has 0 aromatic heterocycles. The number of hydrogen-bond acceptors (Lipinski definition) is 4. The molecule has 0 saturated carbocycles. The molecule has 6 heteroatoms. The van der Waals surface area contributed by atoms with Crippen LogP contribution in [0.3, 0.4) is 0 Å². The summed E-state index contributed by atoms with van der Waals surface area (Å²) in [6.07, 6.45) is 2.51. The van der Waals surface area contributed by atoms with Crippen LogP contribution in [-0.2, 0) is 4.79 Å². The Bertz CT molecular complexity index is 515. The van der Waals surface area contributed by atoms with Crippen molar-refractivity contribution in [3.8, 4) is 0 Å². The van der Waals surface area contributed by atoms with Gasteiger partial charge in [0.25, 0.3) is 5.69 Å². The summed E-state index contributed by atoms with van der Waals surface area (Å²) in [5.74, 6) is -0.255. The van der Waals surface area contributed by atoms with Crippen LogP contribution >= 0.6 is 0 Å². The summed E-state index contributed by atoms with van der Waals surface area (Å²) in [5.41, 5.74) is 7.59. The number of anilines is 1. The highest BCUT2D eigenvalue weighted by atomic mass is 16.6. The third-order valence-electron chi connectivity index (χ3n) is 3.20. The van der Waals surface area contributed by atoms with Crippen molar-refractivity contribution in [2.24, 2.45) is 5.73 Å². The van der Waals surface area contributed by atoms with Crippen LogP contribution in [0, 0.1) is 24.0 Å². The Labute approximate surface area is 118 Å². The molecule has 0 fully saturated rings. The molecule has 0 bridgehead atoms. The van der Waals surface area contributed by atoms with Gasteiger partial charge < -0.3 is 11.1 Å². The summed E-state index contributed by atoms with van der Waals surface area (Å²) in [6, 6.07) is 2.52. The molecule has 0 spiro atoms. The van der Waals surface area contributed by atoms with Gasteiger partial charge >= 0.3 is 0 Å². The summed E-state index contributed by atoms with van der Waals surface area (Å²) in [7, 11) is 0. The van der Waals surface area contributed by atoms with E-state index in [0.717, 1.165) is 12.8 Å². The molecule has 1 rings (SSSR count). The SMILES string of the molecule is CCCCC(N)C(=O)Nc1cc(C)c([N+](=O)[O-])cc1C. The number of rotatable bonds is 6. The van der Waals surface area contributed by atoms with Gasteiger partial charge in [0.05, 0.1) is 11.0 Å². The van der Waals surface area contributed by atoms with Crippen LogP contribution in [0.2, 0.25) is 0 Å². The van der Waals surface area contributed by atoms with Crippen molar-refractivity contribution < 1.29 is 9.72 Å². The Kier molecular flexibility index (Phi) is 5.64. The van der Waals surface area contributed by atoms with E-state index in [2.05, 4.69) is 5.32 Å². The topological polar surface area (TPSA) is 98.3 Å². The first kappa shape index (κ1) is 16.1. The summed E-state index contributed by atoms with van der Waals surface area (Å²) < 4.78 is 0. The smallest absolute Gasteiger partial charge is 0.272 e. The maximum atomic E-state index is 11.9. The van der Waals surface area contributed by atoms with E-state index in [1.165, 1.54) is 6.07 Å². The van der Waals surface area contributed by atoms with Crippen LogP contribution in [0.1, 0.15) is 37.3 Å². The van der Waals surface area contributed by atoms with Crippen molar-refractivity contribution in [2.45, 2.75) is 46.1 Å². The van der Waals surface area contributed by atoms with E-state index in [1.54, 1.807) is 19.9 Å². The molecule has 0 heterocycles. The number of nitro benzene ring substituents is 1. The van der Waals surface area contributed by atoms with Crippen LogP contribution < -0.4 is 11.1 Å². The molecule has 1 atom stereocenters. The van der Waals surface area contributed by atoms with Crippen molar-refractivity contribution in [2.75, 3.05) is 5.32 Å². The second-order valence-electron chi connectivity index (χ2n) is 4.95. The number of carbonyl (C=O) groups is 1. The molecule has 110 valence electrons. The Hall–Kier alpha value is -1.95. The van der Waals surface area contributed by atoms with Gasteiger partial charge in [0.2, 0.25) is 5.91 Å². The minimum atomic E-state index is -0.551. The van der Waals surface area contributed by atoms with Gasteiger partial charge in [0, 0.05) is 17.3 Å². The lowest BCUT2D eigenvalue weighted by Crippen LogP contribution is -2.35. The van der Waals surface area contributed by atoms with Gasteiger partial charge in [-0.2, -0.15) is 0 Å². The molecule has 0 aliphatic rings. The molecule has 1 unspecified atom stereocenters. The molecule has 1 aromatic rings.